The van der Waals surface area contributed by atoms with Crippen LogP contribution in [-0.2, 0) is 6.54 Å². The number of fused-ring (bicyclic) bond motifs is 1. The summed E-state index contributed by atoms with van der Waals surface area (Å²) in [6.07, 6.45) is 1.15. The first kappa shape index (κ1) is 18.0. The molecular weight excluding hydrogens is 349 g/mol. The van der Waals surface area contributed by atoms with E-state index in [-0.39, 0.29) is 20.3 Å². The van der Waals surface area contributed by atoms with Crippen LogP contribution in [0.1, 0.15) is 11.8 Å². The number of benzene rings is 2. The average Bonchev–Trinajstić information content (AvgIpc) is 2.67. The number of hydrogen-bond donors (Lipinski definition) is 1. The quantitative estimate of drug-likeness (QED) is 0.326. The van der Waals surface area contributed by atoms with Gasteiger partial charge in [0, 0.05) is 25.5 Å². The highest BCUT2D eigenvalue weighted by molar-refractivity contribution is 6.04. The van der Waals surface area contributed by atoms with E-state index in [1.165, 1.54) is 28.8 Å². The zero-order valence-electron chi connectivity index (χ0n) is 14.1. The van der Waals surface area contributed by atoms with Gasteiger partial charge in [0.25, 0.3) is 5.56 Å². The molecule has 27 heavy (non-hydrogen) atoms. The van der Waals surface area contributed by atoms with Crippen LogP contribution in [0.15, 0.2) is 74.9 Å². The Morgan fingerprint density at radius 3 is 2.70 bits per heavy atom. The molecule has 2 aromatic carbocycles. The van der Waals surface area contributed by atoms with Gasteiger partial charge in [-0.1, -0.05) is 12.1 Å². The first-order chi connectivity index (χ1) is 13.1. The molecule has 1 heterocycles. The number of carbonyl (C=O) groups is 1. The Labute approximate surface area is 154 Å². The average molecular weight is 365 g/mol. The highest BCUT2D eigenvalue weighted by atomic mass is 19.1. The fourth-order valence-electron chi connectivity index (χ4n) is 2.51. The molecule has 0 atom stereocenters. The van der Waals surface area contributed by atoms with Crippen LogP contribution in [-0.4, -0.2) is 27.7 Å². The predicted octanol–water partition coefficient (Wildman–Crippen LogP) is 2.34. The number of H-pyrrole nitrogens is 1. The minimum absolute atomic E-state index is 0. The number of halogens is 1. The zero-order valence-corrected chi connectivity index (χ0v) is 14.1. The Balaban J connectivity index is 0.00000280. The molecule has 6 nitrogen and oxygen atoms in total. The van der Waals surface area contributed by atoms with Crippen molar-refractivity contribution < 1.29 is 10.6 Å². The third-order valence-corrected chi connectivity index (χ3v) is 3.82. The highest BCUT2D eigenvalue weighted by Gasteiger charge is 2.05. The van der Waals surface area contributed by atoms with Gasteiger partial charge in [0.2, 0.25) is 0 Å². The molecule has 7 heteroatoms. The number of aromatic nitrogens is 2. The molecule has 0 bridgehead atoms. The van der Waals surface area contributed by atoms with Gasteiger partial charge in [-0.3, -0.25) is 19.1 Å². The number of nitrogens with zero attached hydrogens (tertiary/aromatic N) is 2. The number of aromatic amines is 1. The predicted molar refractivity (Wildman–Crippen MR) is 102 cm³/mol. The van der Waals surface area contributed by atoms with Crippen molar-refractivity contribution in [2.24, 2.45) is 4.99 Å². The number of allylic oxidation sites excluding steroid dienone is 1. The molecule has 0 aliphatic rings. The van der Waals surface area contributed by atoms with Crippen molar-refractivity contribution in [1.29, 1.82) is 0 Å². The van der Waals surface area contributed by atoms with Crippen LogP contribution in [0.25, 0.3) is 10.9 Å². The molecule has 0 radical (unpaired) electrons. The lowest BCUT2D eigenvalue weighted by Gasteiger charge is -2.06. The van der Waals surface area contributed by atoms with E-state index >= 15 is 0 Å². The van der Waals surface area contributed by atoms with Crippen molar-refractivity contribution in [3.05, 3.63) is 92.6 Å². The molecule has 136 valence electrons. The fraction of sp³-hybridized carbons (Fsp3) is 0.100. The summed E-state index contributed by atoms with van der Waals surface area (Å²) in [5.41, 5.74) is 2.42. The van der Waals surface area contributed by atoms with Gasteiger partial charge in [-0.05, 0) is 42.1 Å². The first-order valence-corrected chi connectivity index (χ1v) is 8.08. The second kappa shape index (κ2) is 8.06. The molecular formula is C20H16FN3O3. The van der Waals surface area contributed by atoms with Crippen LogP contribution >= 0.6 is 0 Å². The van der Waals surface area contributed by atoms with Crippen molar-refractivity contribution in [1.82, 2.24) is 9.55 Å². The number of ketones is 1. The van der Waals surface area contributed by atoms with Gasteiger partial charge in [0.05, 0.1) is 17.4 Å². The third kappa shape index (κ3) is 4.25. The molecule has 0 saturated carbocycles. The van der Waals surface area contributed by atoms with Gasteiger partial charge in [-0.15, -0.1) is 0 Å². The number of para-hydroxylation sites is 1. The van der Waals surface area contributed by atoms with Gasteiger partial charge in [-0.2, -0.15) is 0 Å². The Kier molecular flexibility index (Phi) is 5.38. The van der Waals surface area contributed by atoms with Gasteiger partial charge < -0.3 is 0 Å². The smallest absolute Gasteiger partial charge is 0.291 e. The van der Waals surface area contributed by atoms with E-state index in [9.17, 15) is 18.8 Å². The summed E-state index contributed by atoms with van der Waals surface area (Å²) in [4.78, 5) is 41.9. The maximum Gasteiger partial charge on any atom is 0.328 e. The van der Waals surface area contributed by atoms with Gasteiger partial charge >= 0.3 is 5.69 Å². The van der Waals surface area contributed by atoms with Crippen LogP contribution < -0.4 is 11.2 Å². The summed E-state index contributed by atoms with van der Waals surface area (Å²) >= 11 is 0. The maximum atomic E-state index is 12.8. The first-order valence-electron chi connectivity index (χ1n) is 8.08. The van der Waals surface area contributed by atoms with E-state index in [2.05, 4.69) is 21.6 Å². The van der Waals surface area contributed by atoms with E-state index in [1.54, 1.807) is 24.3 Å². The second-order valence-electron chi connectivity index (χ2n) is 5.58. The van der Waals surface area contributed by atoms with Crippen molar-refractivity contribution >= 4 is 22.6 Å². The summed E-state index contributed by atoms with van der Waals surface area (Å²) in [5.74, 6) is 1.72. The molecule has 0 unspecified atom stereocenters. The summed E-state index contributed by atoms with van der Waals surface area (Å²) in [6.45, 7) is 0.443. The van der Waals surface area contributed by atoms with Crippen LogP contribution in [0, 0.1) is 5.82 Å². The molecule has 0 saturated heterocycles. The van der Waals surface area contributed by atoms with Crippen molar-refractivity contribution in [2.75, 3.05) is 6.54 Å². The van der Waals surface area contributed by atoms with Gasteiger partial charge in [-0.25, -0.2) is 14.2 Å². The minimum Gasteiger partial charge on any atom is -0.291 e. The van der Waals surface area contributed by atoms with Crippen LogP contribution in [0.2, 0.25) is 0 Å². The monoisotopic (exact) mass is 365 g/mol. The van der Waals surface area contributed by atoms with Gasteiger partial charge in [0.1, 0.15) is 5.82 Å². The maximum absolute atomic E-state index is 12.8. The molecule has 1 aromatic heterocycles. The molecule has 3 aromatic rings. The topological polar surface area (TPSA) is 84.3 Å². The molecule has 0 spiro atoms. The lowest BCUT2D eigenvalue weighted by atomic mass is 10.1. The zero-order chi connectivity index (χ0) is 19.2. The van der Waals surface area contributed by atoms with E-state index in [4.69, 9.17) is 0 Å². The third-order valence-electron chi connectivity index (χ3n) is 3.82. The molecule has 0 amide bonds. The normalized spacial score (nSPS) is 10.1. The fourth-order valence-corrected chi connectivity index (χ4v) is 2.51. The summed E-state index contributed by atoms with van der Waals surface area (Å²) in [6, 6.07) is 11.9. The van der Waals surface area contributed by atoms with Crippen molar-refractivity contribution in [3.63, 3.8) is 0 Å². The molecule has 0 aliphatic carbocycles. The SMILES string of the molecule is O=C(C=C=C=NCCn1c(=O)[nH]c(=O)c2ccccc21)c1ccc(F)cc1.[HH]. The Morgan fingerprint density at radius 2 is 1.93 bits per heavy atom. The van der Waals surface area contributed by atoms with Crippen LogP contribution in [0.4, 0.5) is 4.39 Å². The van der Waals surface area contributed by atoms with Crippen molar-refractivity contribution in [2.45, 2.75) is 6.54 Å². The lowest BCUT2D eigenvalue weighted by molar-refractivity contribution is 0.104. The van der Waals surface area contributed by atoms with Crippen LogP contribution in [0.5, 0.6) is 0 Å². The van der Waals surface area contributed by atoms with Gasteiger partial charge in [0.15, 0.2) is 5.78 Å². The number of carbonyl (C=O) groups excluding carboxylic acids is 1. The molecule has 1 N–H and O–H groups in total. The lowest BCUT2D eigenvalue weighted by Crippen LogP contribution is -2.30. The van der Waals surface area contributed by atoms with E-state index in [0.717, 1.165) is 6.08 Å². The summed E-state index contributed by atoms with van der Waals surface area (Å²) in [5, 5.41) is 0.418. The number of aliphatic imine (C=N–C) groups is 1. The second-order valence-corrected chi connectivity index (χ2v) is 5.58. The number of nitrogens with one attached hydrogen (secondary N) is 1. The molecule has 0 aliphatic heterocycles. The summed E-state index contributed by atoms with van der Waals surface area (Å²) < 4.78 is 14.2. The van der Waals surface area contributed by atoms with Crippen molar-refractivity contribution in [3.8, 4) is 0 Å². The Hall–Kier alpha value is -3.79. The van der Waals surface area contributed by atoms with E-state index in [1.807, 2.05) is 0 Å². The molecule has 0 fully saturated rings. The minimum atomic E-state index is -0.514. The highest BCUT2D eigenvalue weighted by Crippen LogP contribution is 2.06. The standard InChI is InChI=1S/C20H14FN3O3.H2/c21-15-9-7-14(8-10-15)18(25)6-3-11-22-12-13-24-17-5-2-1-4-16(17)19(26)23-20(24)27;/h1-2,4-10H,12-13H2,(H,23,26,27);1H. The van der Waals surface area contributed by atoms with Crippen LogP contribution in [0.3, 0.4) is 0 Å². The number of hydrogen-bond acceptors (Lipinski definition) is 4. The largest absolute Gasteiger partial charge is 0.328 e. The Morgan fingerprint density at radius 1 is 1.19 bits per heavy atom. The number of rotatable bonds is 5. The van der Waals surface area contributed by atoms with E-state index in [0.29, 0.717) is 16.5 Å². The molecule has 3 rings (SSSR count). The Bertz CT molecular complexity index is 1220. The summed E-state index contributed by atoms with van der Waals surface area (Å²) in [7, 11) is 0. The van der Waals surface area contributed by atoms with E-state index < -0.39 is 17.1 Å².